The molecular formula is C11H17N3O2. The van der Waals surface area contributed by atoms with Gasteiger partial charge in [-0.05, 0) is 25.3 Å². The third kappa shape index (κ3) is 2.36. The van der Waals surface area contributed by atoms with Gasteiger partial charge in [0.2, 0.25) is 0 Å². The molecule has 0 bridgehead atoms. The van der Waals surface area contributed by atoms with E-state index in [-0.39, 0.29) is 18.1 Å². The van der Waals surface area contributed by atoms with Crippen molar-refractivity contribution in [3.05, 3.63) is 18.0 Å². The van der Waals surface area contributed by atoms with Crippen molar-refractivity contribution in [1.82, 2.24) is 10.3 Å². The second-order valence-electron chi connectivity index (χ2n) is 4.19. The zero-order chi connectivity index (χ0) is 11.5. The van der Waals surface area contributed by atoms with Crippen LogP contribution in [0.15, 0.2) is 12.3 Å². The maximum atomic E-state index is 11.8. The fraction of sp³-hybridized carbons (Fsp3) is 0.545. The van der Waals surface area contributed by atoms with Crippen LogP contribution in [-0.4, -0.2) is 30.1 Å². The van der Waals surface area contributed by atoms with Crippen molar-refractivity contribution in [1.29, 1.82) is 0 Å². The lowest BCUT2D eigenvalue weighted by molar-refractivity contribution is 0.0911. The Morgan fingerprint density at radius 3 is 3.00 bits per heavy atom. The van der Waals surface area contributed by atoms with Crippen LogP contribution in [0.4, 0.5) is 5.69 Å². The summed E-state index contributed by atoms with van der Waals surface area (Å²) in [6.45, 7) is 0. The first-order valence-electron chi connectivity index (χ1n) is 5.46. The molecule has 2 rings (SSSR count). The number of anilines is 1. The number of aromatic nitrogens is 1. The molecule has 0 radical (unpaired) electrons. The summed E-state index contributed by atoms with van der Waals surface area (Å²) in [5.41, 5.74) is 6.62. The molecular weight excluding hydrogens is 206 g/mol. The van der Waals surface area contributed by atoms with E-state index in [1.807, 2.05) is 0 Å². The molecule has 0 saturated heterocycles. The maximum Gasteiger partial charge on any atom is 0.267 e. The molecule has 0 aromatic carbocycles. The Bertz CT molecular complexity index is 375. The largest absolute Gasteiger partial charge is 0.397 e. The Hall–Kier alpha value is -1.49. The van der Waals surface area contributed by atoms with Crippen molar-refractivity contribution in [2.75, 3.05) is 12.8 Å². The molecule has 1 aliphatic carbocycles. The number of hydrogen-bond acceptors (Lipinski definition) is 3. The zero-order valence-electron chi connectivity index (χ0n) is 9.32. The minimum Gasteiger partial charge on any atom is -0.397 e. The van der Waals surface area contributed by atoms with Crippen LogP contribution in [0.25, 0.3) is 0 Å². The highest BCUT2D eigenvalue weighted by Gasteiger charge is 2.26. The van der Waals surface area contributed by atoms with Crippen LogP contribution in [0.2, 0.25) is 0 Å². The normalized spacial score (nSPS) is 24.6. The molecule has 0 spiro atoms. The molecule has 1 fully saturated rings. The van der Waals surface area contributed by atoms with E-state index in [1.165, 1.54) is 0 Å². The number of H-pyrrole nitrogens is 1. The molecule has 16 heavy (non-hydrogen) atoms. The molecule has 1 amide bonds. The second-order valence-corrected chi connectivity index (χ2v) is 4.19. The summed E-state index contributed by atoms with van der Waals surface area (Å²) < 4.78 is 5.25. The van der Waals surface area contributed by atoms with Crippen molar-refractivity contribution in [3.63, 3.8) is 0 Å². The van der Waals surface area contributed by atoms with Gasteiger partial charge in [0, 0.05) is 25.0 Å². The minimum absolute atomic E-state index is 0.0987. The molecule has 1 aliphatic rings. The maximum absolute atomic E-state index is 11.8. The number of nitrogens with two attached hydrogens (primary N) is 1. The Morgan fingerprint density at radius 2 is 2.44 bits per heavy atom. The second kappa shape index (κ2) is 4.57. The van der Waals surface area contributed by atoms with Crippen LogP contribution in [0.5, 0.6) is 0 Å². The number of rotatable bonds is 3. The van der Waals surface area contributed by atoms with Crippen LogP contribution < -0.4 is 11.1 Å². The van der Waals surface area contributed by atoms with E-state index >= 15 is 0 Å². The summed E-state index contributed by atoms with van der Waals surface area (Å²) in [4.78, 5) is 14.6. The molecule has 2 atom stereocenters. The Labute approximate surface area is 94.4 Å². The lowest BCUT2D eigenvalue weighted by Gasteiger charge is -2.11. The molecule has 2 unspecified atom stereocenters. The van der Waals surface area contributed by atoms with Crippen molar-refractivity contribution >= 4 is 11.6 Å². The van der Waals surface area contributed by atoms with E-state index in [2.05, 4.69) is 10.3 Å². The first-order chi connectivity index (χ1) is 7.69. The molecule has 0 aliphatic heterocycles. The number of methoxy groups -OCH3 is 1. The number of nitrogen functional groups attached to an aromatic ring is 1. The third-order valence-electron chi connectivity index (χ3n) is 3.00. The molecule has 88 valence electrons. The van der Waals surface area contributed by atoms with Gasteiger partial charge in [-0.1, -0.05) is 0 Å². The lowest BCUT2D eigenvalue weighted by atomic mass is 10.2. The Morgan fingerprint density at radius 1 is 1.62 bits per heavy atom. The zero-order valence-corrected chi connectivity index (χ0v) is 9.32. The first-order valence-corrected chi connectivity index (χ1v) is 5.46. The highest BCUT2D eigenvalue weighted by atomic mass is 16.5. The van der Waals surface area contributed by atoms with Crippen molar-refractivity contribution in [2.45, 2.75) is 31.4 Å². The fourth-order valence-corrected chi connectivity index (χ4v) is 2.09. The SMILES string of the molecule is COC1CCC(NC(=O)c2cc(N)c[nH]2)C1. The summed E-state index contributed by atoms with van der Waals surface area (Å²) in [5.74, 6) is -0.0987. The van der Waals surface area contributed by atoms with E-state index in [4.69, 9.17) is 10.5 Å². The quantitative estimate of drug-likeness (QED) is 0.712. The van der Waals surface area contributed by atoms with E-state index in [0.717, 1.165) is 19.3 Å². The van der Waals surface area contributed by atoms with Gasteiger partial charge >= 0.3 is 0 Å². The lowest BCUT2D eigenvalue weighted by Crippen LogP contribution is -2.33. The van der Waals surface area contributed by atoms with Crippen LogP contribution in [0.3, 0.4) is 0 Å². The number of carbonyl (C=O) groups is 1. The van der Waals surface area contributed by atoms with Crippen LogP contribution >= 0.6 is 0 Å². The number of hydrogen-bond donors (Lipinski definition) is 3. The Kier molecular flexibility index (Phi) is 3.14. The van der Waals surface area contributed by atoms with Gasteiger partial charge in [0.05, 0.1) is 6.10 Å². The van der Waals surface area contributed by atoms with Crippen LogP contribution in [-0.2, 0) is 4.74 Å². The summed E-state index contributed by atoms with van der Waals surface area (Å²) in [6.07, 6.45) is 4.76. The van der Waals surface area contributed by atoms with Gasteiger partial charge in [-0.3, -0.25) is 4.79 Å². The number of ether oxygens (including phenoxy) is 1. The van der Waals surface area contributed by atoms with Gasteiger partial charge in [-0.15, -0.1) is 0 Å². The third-order valence-corrected chi connectivity index (χ3v) is 3.00. The van der Waals surface area contributed by atoms with Gasteiger partial charge in [-0.25, -0.2) is 0 Å². The van der Waals surface area contributed by atoms with E-state index in [1.54, 1.807) is 19.4 Å². The van der Waals surface area contributed by atoms with E-state index in [9.17, 15) is 4.79 Å². The predicted octanol–water partition coefficient (Wildman–Crippen LogP) is 0.894. The highest BCUT2D eigenvalue weighted by molar-refractivity contribution is 5.93. The fourth-order valence-electron chi connectivity index (χ4n) is 2.09. The van der Waals surface area contributed by atoms with E-state index in [0.29, 0.717) is 11.4 Å². The number of aromatic amines is 1. The number of nitrogens with one attached hydrogen (secondary N) is 2. The molecule has 4 N–H and O–H groups in total. The smallest absolute Gasteiger partial charge is 0.267 e. The average molecular weight is 223 g/mol. The molecule has 5 nitrogen and oxygen atoms in total. The predicted molar refractivity (Wildman–Crippen MR) is 61.1 cm³/mol. The van der Waals surface area contributed by atoms with Crippen LogP contribution in [0, 0.1) is 0 Å². The van der Waals surface area contributed by atoms with Gasteiger partial charge in [0.15, 0.2) is 0 Å². The van der Waals surface area contributed by atoms with Gasteiger partial charge < -0.3 is 20.8 Å². The summed E-state index contributed by atoms with van der Waals surface area (Å²) >= 11 is 0. The Balaban J connectivity index is 1.89. The van der Waals surface area contributed by atoms with Crippen LogP contribution in [0.1, 0.15) is 29.8 Å². The first kappa shape index (κ1) is 11.0. The standard InChI is InChI=1S/C11H17N3O2/c1-16-9-3-2-8(5-9)14-11(15)10-4-7(12)6-13-10/h4,6,8-9,13H,2-3,5,12H2,1H3,(H,14,15). The van der Waals surface area contributed by atoms with Gasteiger partial charge in [-0.2, -0.15) is 0 Å². The molecule has 1 aromatic rings. The van der Waals surface area contributed by atoms with Crippen molar-refractivity contribution in [3.8, 4) is 0 Å². The van der Waals surface area contributed by atoms with E-state index < -0.39 is 0 Å². The number of carbonyl (C=O) groups excluding carboxylic acids is 1. The monoisotopic (exact) mass is 223 g/mol. The molecule has 5 heteroatoms. The molecule has 1 saturated carbocycles. The highest BCUT2D eigenvalue weighted by Crippen LogP contribution is 2.21. The summed E-state index contributed by atoms with van der Waals surface area (Å²) in [5, 5.41) is 2.97. The van der Waals surface area contributed by atoms with Crippen molar-refractivity contribution in [2.24, 2.45) is 0 Å². The van der Waals surface area contributed by atoms with Crippen molar-refractivity contribution < 1.29 is 9.53 Å². The summed E-state index contributed by atoms with van der Waals surface area (Å²) in [6, 6.07) is 1.85. The average Bonchev–Trinajstić information content (AvgIpc) is 2.87. The number of amides is 1. The molecule has 1 heterocycles. The topological polar surface area (TPSA) is 80.1 Å². The van der Waals surface area contributed by atoms with Gasteiger partial charge in [0.25, 0.3) is 5.91 Å². The van der Waals surface area contributed by atoms with Gasteiger partial charge in [0.1, 0.15) is 5.69 Å². The summed E-state index contributed by atoms with van der Waals surface area (Å²) in [7, 11) is 1.71. The minimum atomic E-state index is -0.0987. The molecule has 1 aromatic heterocycles.